The zero-order valence-corrected chi connectivity index (χ0v) is 8.69. The summed E-state index contributed by atoms with van der Waals surface area (Å²) in [5.41, 5.74) is 0. The van der Waals surface area contributed by atoms with Gasteiger partial charge in [0, 0.05) is 0 Å². The maximum atomic E-state index is 10.7. The fourth-order valence-corrected chi connectivity index (χ4v) is 0.0619. The van der Waals surface area contributed by atoms with Crippen LogP contribution in [0.3, 0.4) is 0 Å². The largest absolute Gasteiger partial charge is 0.416 e. The quantitative estimate of drug-likeness (QED) is 0.651. The highest BCUT2D eigenvalue weighted by Crippen LogP contribution is 2.14. The van der Waals surface area contributed by atoms with E-state index < -0.39 is 32.6 Å². The van der Waals surface area contributed by atoms with Gasteiger partial charge in [-0.2, -0.15) is 31.3 Å². The van der Waals surface area contributed by atoms with Gasteiger partial charge in [-0.1, -0.05) is 0 Å². The molecule has 0 aromatic rings. The number of rotatable bonds is 1. The van der Waals surface area contributed by atoms with E-state index in [4.69, 9.17) is 0 Å². The molecule has 0 N–H and O–H groups in total. The Hall–Kier alpha value is -0.810. The van der Waals surface area contributed by atoms with Crippen LogP contribution in [-0.2, 0) is 4.94 Å². The van der Waals surface area contributed by atoms with E-state index in [1.165, 1.54) is 0 Å². The van der Waals surface area contributed by atoms with Gasteiger partial charge in [0.2, 0.25) is 6.93 Å². The van der Waals surface area contributed by atoms with E-state index in [9.17, 15) is 48.4 Å². The fraction of sp³-hybridized carbons (Fsp3) is 1.00. The maximum absolute atomic E-state index is 10.7. The number of hydrogen-bond donors (Lipinski definition) is 0. The first-order chi connectivity index (χ1) is 8.04. The van der Waals surface area contributed by atoms with Gasteiger partial charge in [-0.15, -0.1) is 0 Å². The van der Waals surface area contributed by atoms with Crippen molar-refractivity contribution in [1.82, 2.24) is 0 Å². The zero-order chi connectivity index (χ0) is 15.8. The van der Waals surface area contributed by atoms with Crippen molar-refractivity contribution < 1.29 is 53.4 Å². The van der Waals surface area contributed by atoms with Gasteiger partial charge in [0.15, 0.2) is 13.3 Å². The molecule has 0 heterocycles. The molecule has 0 rings (SSSR count). The molecule has 18 heavy (non-hydrogen) atoms. The minimum atomic E-state index is -4.62. The van der Waals surface area contributed by atoms with Gasteiger partial charge in [0.1, 0.15) is 0 Å². The Balaban J connectivity index is -0.0000000811. The molecule has 0 bridgehead atoms. The molecular weight excluding hydrogens is 297 g/mol. The van der Waals surface area contributed by atoms with Crippen LogP contribution in [0.5, 0.6) is 0 Å². The van der Waals surface area contributed by atoms with Gasteiger partial charge in [-0.3, -0.25) is 4.39 Å². The van der Waals surface area contributed by atoms with Crippen LogP contribution in [0.1, 0.15) is 0 Å². The molecule has 0 saturated heterocycles. The Morgan fingerprint density at radius 2 is 1.00 bits per heavy atom. The minimum absolute atomic E-state index is 0.500. The predicted octanol–water partition coefficient (Wildman–Crippen LogP) is 4.44. The summed E-state index contributed by atoms with van der Waals surface area (Å²) in [5, 5.41) is 0. The van der Waals surface area contributed by atoms with E-state index in [1.807, 2.05) is 0 Å². The van der Waals surface area contributed by atoms with Gasteiger partial charge in [-0.25, -0.2) is 13.2 Å². The summed E-state index contributed by atoms with van der Waals surface area (Å²) < 4.78 is 113. The van der Waals surface area contributed by atoms with Gasteiger partial charge in [-0.05, 0) is 4.53 Å². The molecular formula is C6H9F11O. The normalized spacial score (nSPS) is 10.0. The average Bonchev–Trinajstić information content (AvgIpc) is 2.20. The van der Waals surface area contributed by atoms with Gasteiger partial charge < -0.3 is 0 Å². The van der Waals surface area contributed by atoms with Crippen molar-refractivity contribution >= 4 is 0 Å². The summed E-state index contributed by atoms with van der Waals surface area (Å²) >= 11 is 0. The van der Waals surface area contributed by atoms with Crippen molar-refractivity contribution in [2.24, 2.45) is 0 Å². The van der Waals surface area contributed by atoms with Gasteiger partial charge >= 0.3 is 12.4 Å². The first kappa shape index (κ1) is 25.9. The first-order valence-corrected chi connectivity index (χ1v) is 3.46. The van der Waals surface area contributed by atoms with Crippen LogP contribution < -0.4 is 0 Å². The third kappa shape index (κ3) is 79.8. The van der Waals surface area contributed by atoms with E-state index in [0.717, 1.165) is 0 Å². The molecule has 1 nitrogen and oxygen atoms in total. The van der Waals surface area contributed by atoms with Gasteiger partial charge in [0.05, 0.1) is 7.18 Å². The number of alkyl halides is 10. The van der Waals surface area contributed by atoms with Crippen molar-refractivity contribution in [2.75, 3.05) is 27.4 Å². The van der Waals surface area contributed by atoms with Crippen LogP contribution in [0.4, 0.5) is 48.4 Å². The molecule has 0 aromatic carbocycles. The second-order valence-corrected chi connectivity index (χ2v) is 1.72. The SMILES string of the molecule is CF.FCC(F)(F)F.FCF.FOCC(F)(F)F. The molecule has 0 radical (unpaired) electrons. The second-order valence-electron chi connectivity index (χ2n) is 1.72. The van der Waals surface area contributed by atoms with Crippen LogP contribution in [-0.4, -0.2) is 39.7 Å². The van der Waals surface area contributed by atoms with Crippen LogP contribution >= 0.6 is 0 Å². The second kappa shape index (κ2) is 16.2. The standard InChI is InChI=1S/C2H2F4O.C2H2F4.CH2F2.CH3F/c3-2(4,5)1-7-6;3-1-2(4,5)6;2-1-3;1-2/h1H2;1H2;1H2;1H3. The van der Waals surface area contributed by atoms with Crippen molar-refractivity contribution in [2.45, 2.75) is 12.4 Å². The van der Waals surface area contributed by atoms with Crippen LogP contribution in [0.2, 0.25) is 0 Å². The van der Waals surface area contributed by atoms with Crippen molar-refractivity contribution in [3.8, 4) is 0 Å². The van der Waals surface area contributed by atoms with Crippen molar-refractivity contribution in [3.05, 3.63) is 0 Å². The summed E-state index contributed by atoms with van der Waals surface area (Å²) in [6, 6.07) is 0. The van der Waals surface area contributed by atoms with E-state index in [2.05, 4.69) is 4.94 Å². The Kier molecular flexibility index (Phi) is 23.3. The molecule has 0 saturated carbocycles. The molecule has 0 amide bonds. The van der Waals surface area contributed by atoms with E-state index in [0.29, 0.717) is 7.18 Å². The lowest BCUT2D eigenvalue weighted by atomic mass is 10.7. The lowest BCUT2D eigenvalue weighted by Gasteiger charge is -1.97. The molecule has 12 heteroatoms. The summed E-state index contributed by atoms with van der Waals surface area (Å²) in [7, 11) is 0.500. The molecule has 0 aliphatic carbocycles. The Morgan fingerprint density at radius 1 is 0.778 bits per heavy atom. The molecule has 0 aromatic heterocycles. The monoisotopic (exact) mass is 306 g/mol. The van der Waals surface area contributed by atoms with Crippen LogP contribution in [0.15, 0.2) is 0 Å². The summed E-state index contributed by atoms with van der Waals surface area (Å²) in [5.74, 6) is 0. The number of hydrogen-bond acceptors (Lipinski definition) is 1. The molecule has 116 valence electrons. The molecule has 0 unspecified atom stereocenters. The smallest absolute Gasteiger partial charge is 0.255 e. The third-order valence-electron chi connectivity index (χ3n) is 0.370. The molecule has 0 aliphatic rings. The minimum Gasteiger partial charge on any atom is -0.255 e. The summed E-state index contributed by atoms with van der Waals surface area (Å²) in [4.78, 5) is 2.28. The average molecular weight is 306 g/mol. The van der Waals surface area contributed by atoms with E-state index in [1.54, 1.807) is 0 Å². The van der Waals surface area contributed by atoms with Crippen molar-refractivity contribution in [1.29, 1.82) is 0 Å². The van der Waals surface area contributed by atoms with Gasteiger partial charge in [0.25, 0.3) is 0 Å². The fourth-order valence-electron chi connectivity index (χ4n) is 0.0619. The summed E-state index contributed by atoms with van der Waals surface area (Å²) in [6.07, 6.45) is -9.17. The van der Waals surface area contributed by atoms with E-state index in [-0.39, 0.29) is 0 Å². The molecule has 0 aliphatic heterocycles. The lowest BCUT2D eigenvalue weighted by molar-refractivity contribution is -0.245. The van der Waals surface area contributed by atoms with Crippen LogP contribution in [0.25, 0.3) is 0 Å². The Bertz CT molecular complexity index is 130. The lowest BCUT2D eigenvalue weighted by Crippen LogP contribution is -2.13. The molecule has 0 atom stereocenters. The highest BCUT2D eigenvalue weighted by Gasteiger charge is 2.28. The topological polar surface area (TPSA) is 9.23 Å². The Labute approximate surface area is 94.4 Å². The van der Waals surface area contributed by atoms with Crippen molar-refractivity contribution in [3.63, 3.8) is 0 Å². The molecule has 0 spiro atoms. The zero-order valence-electron chi connectivity index (χ0n) is 8.69. The number of halogens is 11. The highest BCUT2D eigenvalue weighted by atomic mass is 19.4. The Morgan fingerprint density at radius 3 is 1.00 bits per heavy atom. The molecule has 0 fully saturated rings. The predicted molar refractivity (Wildman–Crippen MR) is 39.3 cm³/mol. The maximum Gasteiger partial charge on any atom is 0.416 e. The first-order valence-electron chi connectivity index (χ1n) is 3.46. The van der Waals surface area contributed by atoms with Crippen LogP contribution in [0, 0.1) is 0 Å². The summed E-state index contributed by atoms with van der Waals surface area (Å²) in [6.45, 7) is -5.81. The van der Waals surface area contributed by atoms with E-state index >= 15 is 0 Å². The third-order valence-corrected chi connectivity index (χ3v) is 0.370. The highest BCUT2D eigenvalue weighted by molar-refractivity contribution is 4.41.